The molecule has 9 nitrogen and oxygen atoms in total. The van der Waals surface area contributed by atoms with E-state index >= 15 is 0 Å². The predicted molar refractivity (Wildman–Crippen MR) is 108 cm³/mol. The Balaban J connectivity index is 2.45. The number of hydrogen-bond donors (Lipinski definition) is 4. The van der Waals surface area contributed by atoms with E-state index in [1.165, 1.54) is 14.0 Å². The maximum atomic E-state index is 14.0. The number of anilines is 2. The Labute approximate surface area is 190 Å². The van der Waals surface area contributed by atoms with Crippen LogP contribution in [0.1, 0.15) is 13.8 Å². The second kappa shape index (κ2) is 10.2. The number of amides is 2. The second-order valence-electron chi connectivity index (χ2n) is 6.83. The third-order valence-corrected chi connectivity index (χ3v) is 5.67. The molecular weight excluding hydrogens is 493 g/mol. The molecule has 0 bridgehead atoms. The summed E-state index contributed by atoms with van der Waals surface area (Å²) in [6, 6.07) is 1.61. The van der Waals surface area contributed by atoms with Gasteiger partial charge in [-0.05, 0) is 25.1 Å². The Morgan fingerprint density at radius 1 is 1.00 bits per heavy atom. The van der Waals surface area contributed by atoms with Gasteiger partial charge in [0.25, 0.3) is 10.0 Å². The maximum Gasteiger partial charge on any atom is 0.267 e. The van der Waals surface area contributed by atoms with Crippen molar-refractivity contribution in [3.05, 3.63) is 47.3 Å². The van der Waals surface area contributed by atoms with E-state index in [2.05, 4.69) is 10.6 Å². The normalized spacial score (nSPS) is 13.1. The van der Waals surface area contributed by atoms with Crippen molar-refractivity contribution in [2.24, 2.45) is 0 Å². The van der Waals surface area contributed by atoms with Crippen LogP contribution in [0.2, 0.25) is 0 Å². The first-order chi connectivity index (χ1) is 15.7. The van der Waals surface area contributed by atoms with Crippen LogP contribution < -0.4 is 20.1 Å². The number of hydrogen-bond acceptors (Lipinski definition) is 6. The molecule has 0 heterocycles. The first-order valence-corrected chi connectivity index (χ1v) is 10.7. The van der Waals surface area contributed by atoms with Crippen molar-refractivity contribution in [1.29, 1.82) is 0 Å². The summed E-state index contributed by atoms with van der Waals surface area (Å²) in [6.45, 7) is 2.31. The van der Waals surface area contributed by atoms with Gasteiger partial charge in [-0.3, -0.25) is 14.3 Å². The van der Waals surface area contributed by atoms with Gasteiger partial charge in [-0.1, -0.05) is 0 Å². The van der Waals surface area contributed by atoms with Crippen molar-refractivity contribution < 1.29 is 49.8 Å². The van der Waals surface area contributed by atoms with E-state index < -0.39 is 73.7 Å². The van der Waals surface area contributed by atoms with E-state index in [1.54, 1.807) is 4.72 Å². The summed E-state index contributed by atoms with van der Waals surface area (Å²) in [6.07, 6.45) is -1.34. The molecule has 0 spiro atoms. The molecule has 0 saturated heterocycles. The molecule has 0 aliphatic carbocycles. The third-order valence-electron chi connectivity index (χ3n) is 4.27. The molecule has 2 aromatic carbocycles. The average Bonchev–Trinajstić information content (AvgIpc) is 2.74. The number of benzene rings is 2. The van der Waals surface area contributed by atoms with Crippen molar-refractivity contribution in [2.45, 2.75) is 30.9 Å². The maximum absolute atomic E-state index is 14.0. The van der Waals surface area contributed by atoms with E-state index in [4.69, 9.17) is 4.74 Å². The van der Waals surface area contributed by atoms with Crippen LogP contribution in [0.4, 0.5) is 33.3 Å². The SMILES string of the molecule is COc1ccc(NS(=O)(=O)c2c(F)c(F)c(F)c(F)c2F)cc1NC(=O)[C@@H](NC(C)=O)[C@@H](C)O. The molecule has 34 heavy (non-hydrogen) atoms. The molecule has 0 aliphatic rings. The zero-order valence-corrected chi connectivity index (χ0v) is 18.5. The highest BCUT2D eigenvalue weighted by Crippen LogP contribution is 2.31. The van der Waals surface area contributed by atoms with Gasteiger partial charge < -0.3 is 20.5 Å². The van der Waals surface area contributed by atoms with Gasteiger partial charge in [-0.15, -0.1) is 0 Å². The minimum absolute atomic E-state index is 0.0419. The van der Waals surface area contributed by atoms with Crippen LogP contribution >= 0.6 is 0 Å². The number of carbonyl (C=O) groups excluding carboxylic acids is 2. The molecule has 2 rings (SSSR count). The topological polar surface area (TPSA) is 134 Å². The summed E-state index contributed by atoms with van der Waals surface area (Å²) in [7, 11) is -4.16. The molecule has 0 aliphatic heterocycles. The number of nitrogens with one attached hydrogen (secondary N) is 3. The summed E-state index contributed by atoms with van der Waals surface area (Å²) in [5.41, 5.74) is -0.686. The quantitative estimate of drug-likeness (QED) is 0.244. The molecule has 186 valence electrons. The molecule has 0 radical (unpaired) electrons. The summed E-state index contributed by atoms with van der Waals surface area (Å²) < 4.78 is 99.5. The highest BCUT2D eigenvalue weighted by Gasteiger charge is 2.34. The van der Waals surface area contributed by atoms with Gasteiger partial charge in [0.15, 0.2) is 28.2 Å². The lowest BCUT2D eigenvalue weighted by molar-refractivity contribution is -0.127. The van der Waals surface area contributed by atoms with Crippen LogP contribution in [0.3, 0.4) is 0 Å². The first kappa shape index (κ1) is 26.8. The van der Waals surface area contributed by atoms with Gasteiger partial charge in [0, 0.05) is 6.92 Å². The Hall–Kier alpha value is -3.46. The Kier molecular flexibility index (Phi) is 8.05. The number of halogens is 5. The summed E-state index contributed by atoms with van der Waals surface area (Å²) in [5, 5.41) is 14.2. The summed E-state index contributed by atoms with van der Waals surface area (Å²) in [4.78, 5) is 21.6. The number of ether oxygens (including phenoxy) is 1. The fourth-order valence-electron chi connectivity index (χ4n) is 2.73. The van der Waals surface area contributed by atoms with Gasteiger partial charge in [-0.25, -0.2) is 30.4 Å². The number of methoxy groups -OCH3 is 1. The standard InChI is InChI=1S/C19H18F5N3O6S/c1-7(28)17(25-8(2)29)19(30)26-10-6-9(4-5-11(10)33-3)27-34(31,32)18-15(23)13(21)12(20)14(22)16(18)24/h4-7,17,27-28H,1-3H3,(H,25,29)(H,26,30)/t7-,17+/m1/s1. The molecule has 15 heteroatoms. The fourth-order valence-corrected chi connectivity index (χ4v) is 3.92. The van der Waals surface area contributed by atoms with Gasteiger partial charge >= 0.3 is 0 Å². The molecule has 0 unspecified atom stereocenters. The Bertz CT molecular complexity index is 1210. The van der Waals surface area contributed by atoms with Crippen LogP contribution in [0.15, 0.2) is 23.1 Å². The molecule has 2 atom stereocenters. The molecular formula is C19H18F5N3O6S. The van der Waals surface area contributed by atoms with Crippen molar-refractivity contribution in [3.63, 3.8) is 0 Å². The zero-order chi connectivity index (χ0) is 26.0. The van der Waals surface area contributed by atoms with E-state index in [9.17, 15) is 45.1 Å². The molecule has 2 aromatic rings. The number of carbonyl (C=O) groups is 2. The molecule has 2 amide bonds. The van der Waals surface area contributed by atoms with Crippen molar-refractivity contribution in [1.82, 2.24) is 5.32 Å². The smallest absolute Gasteiger partial charge is 0.267 e. The largest absolute Gasteiger partial charge is 0.495 e. The number of sulfonamides is 1. The summed E-state index contributed by atoms with van der Waals surface area (Å²) >= 11 is 0. The predicted octanol–water partition coefficient (Wildman–Crippen LogP) is 2.02. The molecule has 0 saturated carbocycles. The fraction of sp³-hybridized carbons (Fsp3) is 0.263. The first-order valence-electron chi connectivity index (χ1n) is 9.19. The van der Waals surface area contributed by atoms with Gasteiger partial charge in [0.1, 0.15) is 11.8 Å². The lowest BCUT2D eigenvalue weighted by Gasteiger charge is -2.21. The van der Waals surface area contributed by atoms with Crippen LogP contribution in [0.25, 0.3) is 0 Å². The van der Waals surface area contributed by atoms with Gasteiger partial charge in [0.05, 0.1) is 24.6 Å². The summed E-state index contributed by atoms with van der Waals surface area (Å²) in [5.74, 6) is -14.2. The monoisotopic (exact) mass is 511 g/mol. The van der Waals surface area contributed by atoms with Crippen LogP contribution in [0.5, 0.6) is 5.75 Å². The zero-order valence-electron chi connectivity index (χ0n) is 17.7. The molecule has 0 fully saturated rings. The number of rotatable bonds is 8. The Morgan fingerprint density at radius 2 is 1.53 bits per heavy atom. The highest BCUT2D eigenvalue weighted by atomic mass is 32.2. The minimum Gasteiger partial charge on any atom is -0.495 e. The number of aliphatic hydroxyl groups is 1. The van der Waals surface area contributed by atoms with Crippen molar-refractivity contribution in [2.75, 3.05) is 17.1 Å². The van der Waals surface area contributed by atoms with Gasteiger partial charge in [-0.2, -0.15) is 0 Å². The van der Waals surface area contributed by atoms with Crippen molar-refractivity contribution in [3.8, 4) is 5.75 Å². The van der Waals surface area contributed by atoms with Crippen LogP contribution in [-0.2, 0) is 19.6 Å². The third kappa shape index (κ3) is 5.53. The molecule has 4 N–H and O–H groups in total. The lowest BCUT2D eigenvalue weighted by Crippen LogP contribution is -2.49. The highest BCUT2D eigenvalue weighted by molar-refractivity contribution is 7.92. The van der Waals surface area contributed by atoms with Crippen LogP contribution in [0, 0.1) is 29.1 Å². The second-order valence-corrected chi connectivity index (χ2v) is 8.45. The van der Waals surface area contributed by atoms with E-state index in [1.807, 2.05) is 0 Å². The lowest BCUT2D eigenvalue weighted by atomic mass is 10.1. The van der Waals surface area contributed by atoms with E-state index in [0.717, 1.165) is 25.1 Å². The van der Waals surface area contributed by atoms with E-state index in [-0.39, 0.29) is 11.4 Å². The van der Waals surface area contributed by atoms with Gasteiger partial charge in [0.2, 0.25) is 17.6 Å². The van der Waals surface area contributed by atoms with E-state index in [0.29, 0.717) is 0 Å². The van der Waals surface area contributed by atoms with Crippen LogP contribution in [-0.4, -0.2) is 44.6 Å². The minimum atomic E-state index is -5.34. The van der Waals surface area contributed by atoms with Crippen molar-refractivity contribution >= 4 is 33.2 Å². The molecule has 0 aromatic heterocycles. The number of aliphatic hydroxyl groups excluding tert-OH is 1. The Morgan fingerprint density at radius 3 is 2.00 bits per heavy atom. The average molecular weight is 511 g/mol.